The molecular formula is C17H14N2O2. The lowest BCUT2D eigenvalue weighted by Crippen LogP contribution is -2.05. The van der Waals surface area contributed by atoms with Gasteiger partial charge in [0.25, 0.3) is 0 Å². The first kappa shape index (κ1) is 13.0. The maximum Gasteiger partial charge on any atom is 0.337 e. The number of para-hydroxylation sites is 1. The Morgan fingerprint density at radius 2 is 1.71 bits per heavy atom. The van der Waals surface area contributed by atoms with Crippen LogP contribution >= 0.6 is 0 Å². The van der Waals surface area contributed by atoms with E-state index in [9.17, 15) is 4.79 Å². The van der Waals surface area contributed by atoms with Crippen LogP contribution in [0, 0.1) is 0 Å². The van der Waals surface area contributed by atoms with Crippen molar-refractivity contribution in [2.75, 3.05) is 11.1 Å². The number of rotatable bonds is 3. The molecule has 0 radical (unpaired) electrons. The molecule has 0 aliphatic carbocycles. The number of anilines is 3. The minimum Gasteiger partial charge on any atom is -0.478 e. The summed E-state index contributed by atoms with van der Waals surface area (Å²) in [6, 6.07) is 18.9. The lowest BCUT2D eigenvalue weighted by atomic mass is 10.1. The fourth-order valence-corrected chi connectivity index (χ4v) is 2.28. The number of nitrogens with two attached hydrogens (primary N) is 1. The van der Waals surface area contributed by atoms with Crippen LogP contribution in [0.15, 0.2) is 60.7 Å². The summed E-state index contributed by atoms with van der Waals surface area (Å²) >= 11 is 0. The standard InChI is InChI=1S/C17H14N2O2/c18-16-14(17(20)21)6-3-7-15(16)19-13-9-8-11-4-1-2-5-12(11)10-13/h1-10,19H,18H2,(H,20,21). The third kappa shape index (κ3) is 2.51. The van der Waals surface area contributed by atoms with Crippen molar-refractivity contribution in [2.45, 2.75) is 0 Å². The molecule has 0 spiro atoms. The van der Waals surface area contributed by atoms with E-state index in [-0.39, 0.29) is 11.3 Å². The number of carbonyl (C=O) groups is 1. The topological polar surface area (TPSA) is 75.3 Å². The predicted molar refractivity (Wildman–Crippen MR) is 85.0 cm³/mol. The van der Waals surface area contributed by atoms with E-state index in [4.69, 9.17) is 10.8 Å². The molecule has 0 amide bonds. The summed E-state index contributed by atoms with van der Waals surface area (Å²) in [5.41, 5.74) is 7.69. The third-order valence-corrected chi connectivity index (χ3v) is 3.37. The Labute approximate surface area is 121 Å². The molecule has 4 N–H and O–H groups in total. The first-order valence-corrected chi connectivity index (χ1v) is 6.53. The second kappa shape index (κ2) is 5.17. The van der Waals surface area contributed by atoms with Gasteiger partial charge in [-0.1, -0.05) is 36.4 Å². The van der Waals surface area contributed by atoms with Crippen molar-refractivity contribution in [1.29, 1.82) is 0 Å². The number of fused-ring (bicyclic) bond motifs is 1. The van der Waals surface area contributed by atoms with Gasteiger partial charge in [0, 0.05) is 5.69 Å². The summed E-state index contributed by atoms with van der Waals surface area (Å²) in [7, 11) is 0. The van der Waals surface area contributed by atoms with Crippen molar-refractivity contribution in [1.82, 2.24) is 0 Å². The van der Waals surface area contributed by atoms with E-state index in [0.29, 0.717) is 5.69 Å². The van der Waals surface area contributed by atoms with Crippen molar-refractivity contribution in [3.63, 3.8) is 0 Å². The average molecular weight is 278 g/mol. The lowest BCUT2D eigenvalue weighted by molar-refractivity contribution is 0.0698. The summed E-state index contributed by atoms with van der Waals surface area (Å²) in [5, 5.41) is 14.5. The van der Waals surface area contributed by atoms with Crippen LogP contribution in [0.2, 0.25) is 0 Å². The Morgan fingerprint density at radius 3 is 2.48 bits per heavy atom. The van der Waals surface area contributed by atoms with Gasteiger partial charge in [0.1, 0.15) is 0 Å². The van der Waals surface area contributed by atoms with E-state index in [2.05, 4.69) is 5.32 Å². The largest absolute Gasteiger partial charge is 0.478 e. The summed E-state index contributed by atoms with van der Waals surface area (Å²) in [6.45, 7) is 0. The summed E-state index contributed by atoms with van der Waals surface area (Å²) in [6.07, 6.45) is 0. The molecule has 4 nitrogen and oxygen atoms in total. The summed E-state index contributed by atoms with van der Waals surface area (Å²) in [5.74, 6) is -1.03. The molecule has 0 heterocycles. The number of benzene rings is 3. The number of carboxylic acids is 1. The molecule has 0 aliphatic rings. The second-order valence-corrected chi connectivity index (χ2v) is 4.76. The first-order valence-electron chi connectivity index (χ1n) is 6.53. The molecule has 0 saturated carbocycles. The number of hydrogen-bond acceptors (Lipinski definition) is 3. The zero-order chi connectivity index (χ0) is 14.8. The Hall–Kier alpha value is -3.01. The van der Waals surface area contributed by atoms with Gasteiger partial charge in [0.2, 0.25) is 0 Å². The summed E-state index contributed by atoms with van der Waals surface area (Å²) < 4.78 is 0. The zero-order valence-electron chi connectivity index (χ0n) is 11.2. The van der Waals surface area contributed by atoms with E-state index in [1.54, 1.807) is 12.1 Å². The highest BCUT2D eigenvalue weighted by molar-refractivity contribution is 5.98. The maximum atomic E-state index is 11.1. The van der Waals surface area contributed by atoms with Gasteiger partial charge in [-0.3, -0.25) is 0 Å². The van der Waals surface area contributed by atoms with E-state index >= 15 is 0 Å². The molecule has 3 rings (SSSR count). The highest BCUT2D eigenvalue weighted by Gasteiger charge is 2.11. The smallest absolute Gasteiger partial charge is 0.337 e. The van der Waals surface area contributed by atoms with Gasteiger partial charge in [0.15, 0.2) is 0 Å². The van der Waals surface area contributed by atoms with Crippen molar-refractivity contribution < 1.29 is 9.90 Å². The van der Waals surface area contributed by atoms with Crippen LogP contribution < -0.4 is 11.1 Å². The first-order chi connectivity index (χ1) is 10.1. The maximum absolute atomic E-state index is 11.1. The highest BCUT2D eigenvalue weighted by atomic mass is 16.4. The monoisotopic (exact) mass is 278 g/mol. The van der Waals surface area contributed by atoms with Crippen LogP contribution in [0.4, 0.5) is 17.1 Å². The molecular weight excluding hydrogens is 264 g/mol. The Kier molecular flexibility index (Phi) is 3.20. The van der Waals surface area contributed by atoms with Gasteiger partial charge in [-0.2, -0.15) is 0 Å². The Bertz CT molecular complexity index is 828. The Morgan fingerprint density at radius 1 is 0.952 bits per heavy atom. The molecule has 0 saturated heterocycles. The lowest BCUT2D eigenvalue weighted by Gasteiger charge is -2.11. The normalized spacial score (nSPS) is 10.5. The molecule has 0 bridgehead atoms. The molecule has 0 fully saturated rings. The van der Waals surface area contributed by atoms with Crippen LogP contribution in [0.5, 0.6) is 0 Å². The van der Waals surface area contributed by atoms with Crippen molar-refractivity contribution in [3.8, 4) is 0 Å². The van der Waals surface area contributed by atoms with Crippen LogP contribution in [-0.4, -0.2) is 11.1 Å². The highest BCUT2D eigenvalue weighted by Crippen LogP contribution is 2.28. The SMILES string of the molecule is Nc1c(Nc2ccc3ccccc3c2)cccc1C(=O)O. The Balaban J connectivity index is 1.98. The third-order valence-electron chi connectivity index (χ3n) is 3.37. The fraction of sp³-hybridized carbons (Fsp3) is 0. The van der Waals surface area contributed by atoms with Gasteiger partial charge >= 0.3 is 5.97 Å². The van der Waals surface area contributed by atoms with Crippen LogP contribution in [0.3, 0.4) is 0 Å². The zero-order valence-corrected chi connectivity index (χ0v) is 11.2. The van der Waals surface area contributed by atoms with Gasteiger partial charge < -0.3 is 16.2 Å². The summed E-state index contributed by atoms with van der Waals surface area (Å²) in [4.78, 5) is 11.1. The van der Waals surface area contributed by atoms with Crippen molar-refractivity contribution in [3.05, 3.63) is 66.2 Å². The number of carboxylic acid groups (broad SMARTS) is 1. The van der Waals surface area contributed by atoms with E-state index in [0.717, 1.165) is 16.5 Å². The molecule has 0 atom stereocenters. The van der Waals surface area contributed by atoms with E-state index < -0.39 is 5.97 Å². The molecule has 0 unspecified atom stereocenters. The van der Waals surface area contributed by atoms with Crippen LogP contribution in [0.25, 0.3) is 10.8 Å². The predicted octanol–water partition coefficient (Wildman–Crippen LogP) is 3.86. The van der Waals surface area contributed by atoms with Gasteiger partial charge in [-0.15, -0.1) is 0 Å². The molecule has 3 aromatic carbocycles. The van der Waals surface area contributed by atoms with Gasteiger partial charge in [-0.05, 0) is 35.0 Å². The molecule has 104 valence electrons. The molecule has 4 heteroatoms. The number of nitrogens with one attached hydrogen (secondary N) is 1. The van der Waals surface area contributed by atoms with E-state index in [1.165, 1.54) is 6.07 Å². The quantitative estimate of drug-likeness (QED) is 0.636. The van der Waals surface area contributed by atoms with Crippen LogP contribution in [0.1, 0.15) is 10.4 Å². The molecule has 0 aliphatic heterocycles. The van der Waals surface area contributed by atoms with E-state index in [1.807, 2.05) is 42.5 Å². The van der Waals surface area contributed by atoms with Crippen molar-refractivity contribution in [2.24, 2.45) is 0 Å². The van der Waals surface area contributed by atoms with Crippen molar-refractivity contribution >= 4 is 33.8 Å². The number of hydrogen-bond donors (Lipinski definition) is 3. The van der Waals surface area contributed by atoms with Gasteiger partial charge in [-0.25, -0.2) is 4.79 Å². The minimum absolute atomic E-state index is 0.0980. The average Bonchev–Trinajstić information content (AvgIpc) is 2.49. The molecule has 21 heavy (non-hydrogen) atoms. The minimum atomic E-state index is -1.03. The number of nitrogen functional groups attached to an aromatic ring is 1. The fourth-order valence-electron chi connectivity index (χ4n) is 2.28. The second-order valence-electron chi connectivity index (χ2n) is 4.76. The molecule has 0 aromatic heterocycles. The number of aromatic carboxylic acids is 1. The molecule has 3 aromatic rings. The van der Waals surface area contributed by atoms with Crippen LogP contribution in [-0.2, 0) is 0 Å². The van der Waals surface area contributed by atoms with Gasteiger partial charge in [0.05, 0.1) is 16.9 Å².